The molecular weight excluding hydrogens is 494 g/mol. The third kappa shape index (κ3) is 3.58. The van der Waals surface area contributed by atoms with Gasteiger partial charge in [-0.2, -0.15) is 9.97 Å². The van der Waals surface area contributed by atoms with Gasteiger partial charge < -0.3 is 4.42 Å². The number of benzene rings is 5. The number of aromatic nitrogens is 5. The smallest absolute Gasteiger partial charge is 0.238 e. The van der Waals surface area contributed by atoms with E-state index >= 15 is 0 Å². The maximum absolute atomic E-state index is 6.16. The number of hydrogen-bond donors (Lipinski definition) is 0. The lowest BCUT2D eigenvalue weighted by Gasteiger charge is -2.11. The van der Waals surface area contributed by atoms with E-state index in [1.165, 1.54) is 0 Å². The van der Waals surface area contributed by atoms with Crippen LogP contribution in [0.2, 0.25) is 0 Å². The molecule has 0 N–H and O–H groups in total. The Kier molecular flexibility index (Phi) is 5.03. The Morgan fingerprint density at radius 2 is 1.07 bits per heavy atom. The molecular formula is C34H21N5O. The van der Waals surface area contributed by atoms with Gasteiger partial charge in [-0.05, 0) is 36.4 Å². The predicted octanol–water partition coefficient (Wildman–Crippen LogP) is 8.11. The molecule has 5 aromatic carbocycles. The van der Waals surface area contributed by atoms with Gasteiger partial charge in [0.2, 0.25) is 11.8 Å². The zero-order chi connectivity index (χ0) is 26.5. The second-order valence-corrected chi connectivity index (χ2v) is 9.56. The van der Waals surface area contributed by atoms with Crippen LogP contribution in [0.5, 0.6) is 0 Å². The zero-order valence-electron chi connectivity index (χ0n) is 21.3. The van der Waals surface area contributed by atoms with Crippen LogP contribution in [0.4, 0.5) is 0 Å². The number of rotatable bonds is 4. The molecule has 188 valence electrons. The van der Waals surface area contributed by atoms with E-state index in [4.69, 9.17) is 24.4 Å². The van der Waals surface area contributed by atoms with E-state index in [9.17, 15) is 0 Å². The van der Waals surface area contributed by atoms with Crippen molar-refractivity contribution in [3.05, 3.63) is 127 Å². The Bertz CT molecular complexity index is 2110. The number of nitrogens with zero attached hydrogens (tertiary/aromatic N) is 5. The summed E-state index contributed by atoms with van der Waals surface area (Å²) in [5.74, 6) is 2.23. The van der Waals surface area contributed by atoms with Crippen LogP contribution < -0.4 is 0 Å². The Labute approximate surface area is 229 Å². The second-order valence-electron chi connectivity index (χ2n) is 9.56. The molecule has 3 aromatic heterocycles. The van der Waals surface area contributed by atoms with Gasteiger partial charge in [0.25, 0.3) is 0 Å². The number of para-hydroxylation sites is 3. The van der Waals surface area contributed by atoms with Gasteiger partial charge >= 0.3 is 0 Å². The van der Waals surface area contributed by atoms with Gasteiger partial charge in [-0.3, -0.25) is 4.57 Å². The molecule has 3 heterocycles. The van der Waals surface area contributed by atoms with Crippen molar-refractivity contribution < 1.29 is 4.42 Å². The number of hydrogen-bond acceptors (Lipinski definition) is 5. The average Bonchev–Trinajstić information content (AvgIpc) is 3.61. The minimum atomic E-state index is 0.532. The Hall–Kier alpha value is -5.62. The zero-order valence-corrected chi connectivity index (χ0v) is 21.3. The summed E-state index contributed by atoms with van der Waals surface area (Å²) in [5, 5.41) is 2.29. The Morgan fingerprint density at radius 3 is 1.77 bits per heavy atom. The molecule has 0 aliphatic carbocycles. The van der Waals surface area contributed by atoms with E-state index in [0.717, 1.165) is 38.5 Å². The van der Waals surface area contributed by atoms with Crippen LogP contribution in [0, 0.1) is 0 Å². The highest BCUT2D eigenvalue weighted by Crippen LogP contribution is 2.34. The summed E-state index contributed by atoms with van der Waals surface area (Å²) in [6.07, 6.45) is 0. The molecule has 0 aliphatic rings. The lowest BCUT2D eigenvalue weighted by atomic mass is 10.1. The highest BCUT2D eigenvalue weighted by Gasteiger charge is 2.20. The topological polar surface area (TPSA) is 69.6 Å². The van der Waals surface area contributed by atoms with E-state index in [0.29, 0.717) is 34.6 Å². The van der Waals surface area contributed by atoms with E-state index in [1.54, 1.807) is 0 Å². The molecule has 0 amide bonds. The molecule has 0 saturated heterocycles. The molecule has 8 aromatic rings. The quantitative estimate of drug-likeness (QED) is 0.237. The maximum Gasteiger partial charge on any atom is 0.238 e. The molecule has 6 heteroatoms. The largest absolute Gasteiger partial charge is 0.436 e. The van der Waals surface area contributed by atoms with Gasteiger partial charge in [0.1, 0.15) is 5.52 Å². The lowest BCUT2D eigenvalue weighted by molar-refractivity contribution is 0.620. The monoisotopic (exact) mass is 515 g/mol. The molecule has 0 spiro atoms. The van der Waals surface area contributed by atoms with Crippen molar-refractivity contribution in [2.45, 2.75) is 0 Å². The third-order valence-corrected chi connectivity index (χ3v) is 7.12. The predicted molar refractivity (Wildman–Crippen MR) is 158 cm³/mol. The van der Waals surface area contributed by atoms with Gasteiger partial charge in [-0.1, -0.05) is 91.0 Å². The first kappa shape index (κ1) is 22.4. The van der Waals surface area contributed by atoms with Crippen molar-refractivity contribution in [1.82, 2.24) is 24.5 Å². The molecule has 0 saturated carbocycles. The van der Waals surface area contributed by atoms with E-state index in [2.05, 4.69) is 41.0 Å². The molecule has 40 heavy (non-hydrogen) atoms. The van der Waals surface area contributed by atoms with Crippen molar-refractivity contribution in [2.24, 2.45) is 0 Å². The SMILES string of the molecule is c1ccc(-c2nc(-c3cccc4oc(-c5ccccc5)nc34)nc(-n3c4ccccc4c4ccccc43)n2)cc1. The van der Waals surface area contributed by atoms with E-state index in [-0.39, 0.29) is 0 Å². The minimum absolute atomic E-state index is 0.532. The van der Waals surface area contributed by atoms with Crippen LogP contribution in [0.3, 0.4) is 0 Å². The third-order valence-electron chi connectivity index (χ3n) is 7.12. The fourth-order valence-corrected chi connectivity index (χ4v) is 5.27. The number of fused-ring (bicyclic) bond motifs is 4. The average molecular weight is 516 g/mol. The summed E-state index contributed by atoms with van der Waals surface area (Å²) in [5.41, 5.74) is 6.06. The van der Waals surface area contributed by atoms with Crippen LogP contribution in [0.1, 0.15) is 0 Å². The molecule has 0 unspecified atom stereocenters. The highest BCUT2D eigenvalue weighted by molar-refractivity contribution is 6.09. The fourth-order valence-electron chi connectivity index (χ4n) is 5.27. The van der Waals surface area contributed by atoms with Crippen LogP contribution in [0.15, 0.2) is 132 Å². The van der Waals surface area contributed by atoms with Crippen LogP contribution in [-0.2, 0) is 0 Å². The van der Waals surface area contributed by atoms with Crippen LogP contribution in [-0.4, -0.2) is 24.5 Å². The maximum atomic E-state index is 6.16. The first-order valence-corrected chi connectivity index (χ1v) is 13.1. The summed E-state index contributed by atoms with van der Waals surface area (Å²) >= 11 is 0. The highest BCUT2D eigenvalue weighted by atomic mass is 16.3. The van der Waals surface area contributed by atoms with Crippen molar-refractivity contribution in [2.75, 3.05) is 0 Å². The van der Waals surface area contributed by atoms with Gasteiger partial charge in [0, 0.05) is 27.5 Å². The molecule has 6 nitrogen and oxygen atoms in total. The summed E-state index contributed by atoms with van der Waals surface area (Å²) in [4.78, 5) is 19.9. The van der Waals surface area contributed by atoms with Crippen molar-refractivity contribution >= 4 is 32.9 Å². The minimum Gasteiger partial charge on any atom is -0.436 e. The molecule has 0 fully saturated rings. The molecule has 0 atom stereocenters. The standard InChI is InChI=1S/C34H21N5O/c1-3-12-22(13-4-1)31-36-32(26-18-11-21-29-30(26)35-33(40-29)23-14-5-2-6-15-23)38-34(37-31)39-27-19-9-7-16-24(27)25-17-8-10-20-28(25)39/h1-21H. The van der Waals surface area contributed by atoms with Crippen molar-refractivity contribution in [3.8, 4) is 40.2 Å². The van der Waals surface area contributed by atoms with E-state index < -0.39 is 0 Å². The Balaban J connectivity index is 1.41. The fraction of sp³-hybridized carbons (Fsp3) is 0. The first-order valence-electron chi connectivity index (χ1n) is 13.1. The van der Waals surface area contributed by atoms with Gasteiger partial charge in [-0.15, -0.1) is 0 Å². The summed E-state index contributed by atoms with van der Waals surface area (Å²) in [6.45, 7) is 0. The molecule has 8 rings (SSSR count). The molecule has 0 aliphatic heterocycles. The van der Waals surface area contributed by atoms with Gasteiger partial charge in [0.05, 0.1) is 11.0 Å². The van der Waals surface area contributed by atoms with E-state index in [1.807, 2.05) is 91.0 Å². The number of oxazole rings is 1. The molecule has 0 bridgehead atoms. The van der Waals surface area contributed by atoms with Gasteiger partial charge in [0.15, 0.2) is 17.2 Å². The summed E-state index contributed by atoms with van der Waals surface area (Å²) < 4.78 is 8.27. The summed E-state index contributed by atoms with van der Waals surface area (Å²) in [7, 11) is 0. The molecule has 0 radical (unpaired) electrons. The van der Waals surface area contributed by atoms with Crippen LogP contribution in [0.25, 0.3) is 73.1 Å². The first-order chi connectivity index (χ1) is 19.8. The van der Waals surface area contributed by atoms with Crippen molar-refractivity contribution in [1.29, 1.82) is 0 Å². The van der Waals surface area contributed by atoms with Crippen LogP contribution >= 0.6 is 0 Å². The second kappa shape index (κ2) is 8.99. The summed E-state index contributed by atoms with van der Waals surface area (Å²) in [6, 6.07) is 42.4. The van der Waals surface area contributed by atoms with Gasteiger partial charge in [-0.25, -0.2) is 9.97 Å². The normalized spacial score (nSPS) is 11.5. The van der Waals surface area contributed by atoms with Crippen molar-refractivity contribution in [3.63, 3.8) is 0 Å². The Morgan fingerprint density at radius 1 is 0.475 bits per heavy atom. The lowest BCUT2D eigenvalue weighted by Crippen LogP contribution is -2.06.